The van der Waals surface area contributed by atoms with Crippen LogP contribution in [0.2, 0.25) is 6.04 Å². The SMILES string of the molecule is C=C[Si]1(OC)CCCCO1. The van der Waals surface area contributed by atoms with E-state index in [2.05, 4.69) is 6.58 Å². The van der Waals surface area contributed by atoms with Gasteiger partial charge in [0.2, 0.25) is 0 Å². The smallest absolute Gasteiger partial charge is 0.364 e. The molecule has 0 aromatic rings. The van der Waals surface area contributed by atoms with Crippen molar-refractivity contribution in [3.8, 4) is 0 Å². The average molecular weight is 158 g/mol. The van der Waals surface area contributed by atoms with Crippen LogP contribution in [0.25, 0.3) is 0 Å². The molecule has 0 aromatic heterocycles. The molecule has 1 fully saturated rings. The molecule has 1 aliphatic rings. The molecule has 0 radical (unpaired) electrons. The Morgan fingerprint density at radius 3 is 2.70 bits per heavy atom. The van der Waals surface area contributed by atoms with Crippen LogP contribution in [-0.2, 0) is 8.85 Å². The van der Waals surface area contributed by atoms with Gasteiger partial charge >= 0.3 is 8.56 Å². The molecule has 2 nitrogen and oxygen atoms in total. The van der Waals surface area contributed by atoms with Gasteiger partial charge in [0.25, 0.3) is 0 Å². The van der Waals surface area contributed by atoms with Gasteiger partial charge in [0.05, 0.1) is 0 Å². The second-order valence-corrected chi connectivity index (χ2v) is 5.75. The molecule has 0 spiro atoms. The summed E-state index contributed by atoms with van der Waals surface area (Å²) in [4.78, 5) is 0. The van der Waals surface area contributed by atoms with Gasteiger partial charge in [-0.05, 0) is 24.6 Å². The van der Waals surface area contributed by atoms with Crippen LogP contribution in [0.5, 0.6) is 0 Å². The molecule has 0 amide bonds. The first-order valence-corrected chi connectivity index (χ1v) is 5.76. The highest BCUT2D eigenvalue weighted by atomic mass is 28.4. The van der Waals surface area contributed by atoms with Crippen molar-refractivity contribution in [2.75, 3.05) is 13.7 Å². The van der Waals surface area contributed by atoms with Crippen molar-refractivity contribution in [1.82, 2.24) is 0 Å². The molecule has 1 aliphatic heterocycles. The van der Waals surface area contributed by atoms with Crippen molar-refractivity contribution >= 4 is 8.56 Å². The van der Waals surface area contributed by atoms with Gasteiger partial charge in [0.15, 0.2) is 0 Å². The maximum absolute atomic E-state index is 5.56. The van der Waals surface area contributed by atoms with Crippen molar-refractivity contribution in [2.45, 2.75) is 18.9 Å². The summed E-state index contributed by atoms with van der Waals surface area (Å²) in [6.45, 7) is 4.59. The van der Waals surface area contributed by atoms with E-state index >= 15 is 0 Å². The fourth-order valence-corrected chi connectivity index (χ4v) is 3.38. The minimum absolute atomic E-state index is 0.853. The third-order valence-corrected chi connectivity index (χ3v) is 4.98. The predicted molar refractivity (Wildman–Crippen MR) is 43.0 cm³/mol. The van der Waals surface area contributed by atoms with E-state index < -0.39 is 8.56 Å². The van der Waals surface area contributed by atoms with Crippen LogP contribution in [0.1, 0.15) is 12.8 Å². The average Bonchev–Trinajstić information content (AvgIpc) is 2.06. The van der Waals surface area contributed by atoms with Gasteiger partial charge in [-0.2, -0.15) is 0 Å². The molecule has 0 aromatic carbocycles. The van der Waals surface area contributed by atoms with Crippen molar-refractivity contribution in [2.24, 2.45) is 0 Å². The molecule has 1 unspecified atom stereocenters. The summed E-state index contributed by atoms with van der Waals surface area (Å²) in [5.74, 6) is 0. The highest BCUT2D eigenvalue weighted by Crippen LogP contribution is 2.22. The van der Waals surface area contributed by atoms with Gasteiger partial charge in [0.1, 0.15) is 0 Å². The lowest BCUT2D eigenvalue weighted by molar-refractivity contribution is 0.187. The number of rotatable bonds is 2. The Morgan fingerprint density at radius 1 is 1.60 bits per heavy atom. The molecule has 10 heavy (non-hydrogen) atoms. The predicted octanol–water partition coefficient (Wildman–Crippen LogP) is 1.61. The van der Waals surface area contributed by atoms with Crippen LogP contribution in [0.15, 0.2) is 12.3 Å². The van der Waals surface area contributed by atoms with Gasteiger partial charge in [-0.1, -0.05) is 0 Å². The lowest BCUT2D eigenvalue weighted by atomic mass is 10.4. The van der Waals surface area contributed by atoms with Crippen LogP contribution in [0, 0.1) is 0 Å². The lowest BCUT2D eigenvalue weighted by Crippen LogP contribution is -2.41. The Labute approximate surface area is 63.1 Å². The van der Waals surface area contributed by atoms with E-state index in [1.54, 1.807) is 7.11 Å². The summed E-state index contributed by atoms with van der Waals surface area (Å²) in [5.41, 5.74) is 1.88. The summed E-state index contributed by atoms with van der Waals surface area (Å²) >= 11 is 0. The maximum atomic E-state index is 5.56. The molecule has 58 valence electrons. The van der Waals surface area contributed by atoms with Gasteiger partial charge < -0.3 is 8.85 Å². The largest absolute Gasteiger partial charge is 0.395 e. The first-order valence-electron chi connectivity index (χ1n) is 3.66. The second kappa shape index (κ2) is 3.32. The Kier molecular flexibility index (Phi) is 2.65. The van der Waals surface area contributed by atoms with Crippen LogP contribution < -0.4 is 0 Å². The molecule has 1 saturated heterocycles. The van der Waals surface area contributed by atoms with Crippen LogP contribution in [0.4, 0.5) is 0 Å². The van der Waals surface area contributed by atoms with Crippen LogP contribution in [0.3, 0.4) is 0 Å². The van der Waals surface area contributed by atoms with Gasteiger partial charge in [-0.25, -0.2) is 0 Å². The molecule has 0 saturated carbocycles. The number of hydrogen-bond donors (Lipinski definition) is 0. The highest BCUT2D eigenvalue weighted by molar-refractivity contribution is 6.72. The topological polar surface area (TPSA) is 18.5 Å². The van der Waals surface area contributed by atoms with E-state index in [0.717, 1.165) is 12.7 Å². The molecule has 0 N–H and O–H groups in total. The summed E-state index contributed by atoms with van der Waals surface area (Å²) < 4.78 is 10.9. The zero-order valence-electron chi connectivity index (χ0n) is 6.43. The maximum Gasteiger partial charge on any atom is 0.364 e. The monoisotopic (exact) mass is 158 g/mol. The van der Waals surface area contributed by atoms with E-state index in [1.165, 1.54) is 12.8 Å². The van der Waals surface area contributed by atoms with Crippen molar-refractivity contribution in [3.05, 3.63) is 12.3 Å². The molecular weight excluding hydrogens is 144 g/mol. The summed E-state index contributed by atoms with van der Waals surface area (Å²) in [6, 6.07) is 1.08. The summed E-state index contributed by atoms with van der Waals surface area (Å²) in [5, 5.41) is 0. The van der Waals surface area contributed by atoms with E-state index in [0.29, 0.717) is 0 Å². The van der Waals surface area contributed by atoms with Crippen molar-refractivity contribution in [1.29, 1.82) is 0 Å². The molecule has 3 heteroatoms. The third-order valence-electron chi connectivity index (χ3n) is 1.92. The normalized spacial score (nSPS) is 33.7. The summed E-state index contributed by atoms with van der Waals surface area (Å²) in [7, 11) is -0.145. The lowest BCUT2D eigenvalue weighted by Gasteiger charge is -2.29. The zero-order valence-corrected chi connectivity index (χ0v) is 7.43. The van der Waals surface area contributed by atoms with Crippen molar-refractivity contribution < 1.29 is 8.85 Å². The highest BCUT2D eigenvalue weighted by Gasteiger charge is 2.34. The third kappa shape index (κ3) is 1.48. The van der Waals surface area contributed by atoms with E-state index in [4.69, 9.17) is 8.85 Å². The molecule has 1 rings (SSSR count). The summed E-state index contributed by atoms with van der Waals surface area (Å²) in [6.07, 6.45) is 2.40. The standard InChI is InChI=1S/C7H14O2Si/c1-3-10(8-2)7-5-4-6-9-10/h3H,1,4-7H2,2H3. The van der Waals surface area contributed by atoms with E-state index in [9.17, 15) is 0 Å². The Hall–Kier alpha value is -0.123. The Morgan fingerprint density at radius 2 is 2.40 bits per heavy atom. The van der Waals surface area contributed by atoms with Gasteiger partial charge in [0, 0.05) is 13.7 Å². The first kappa shape index (κ1) is 7.98. The quantitative estimate of drug-likeness (QED) is 0.568. The van der Waals surface area contributed by atoms with Crippen LogP contribution >= 0.6 is 0 Å². The zero-order chi connectivity index (χ0) is 7.45. The second-order valence-electron chi connectivity index (χ2n) is 2.53. The number of hydrogen-bond acceptors (Lipinski definition) is 2. The molecular formula is C7H14O2Si. The fourth-order valence-electron chi connectivity index (χ4n) is 1.20. The van der Waals surface area contributed by atoms with E-state index in [-0.39, 0.29) is 0 Å². The minimum atomic E-state index is -1.87. The van der Waals surface area contributed by atoms with Crippen molar-refractivity contribution in [3.63, 3.8) is 0 Å². The molecule has 0 aliphatic carbocycles. The molecule has 1 atom stereocenters. The van der Waals surface area contributed by atoms with Gasteiger partial charge in [-0.15, -0.1) is 6.58 Å². The first-order chi connectivity index (χ1) is 4.83. The molecule has 1 heterocycles. The van der Waals surface area contributed by atoms with Crippen LogP contribution in [-0.4, -0.2) is 22.3 Å². The fraction of sp³-hybridized carbons (Fsp3) is 0.714. The Balaban J connectivity index is 2.52. The van der Waals surface area contributed by atoms with E-state index in [1.807, 2.05) is 5.70 Å². The van der Waals surface area contributed by atoms with Gasteiger partial charge in [-0.3, -0.25) is 0 Å². The molecule has 0 bridgehead atoms. The Bertz CT molecular complexity index is 119. The minimum Gasteiger partial charge on any atom is -0.395 e.